The maximum Gasteiger partial charge on any atom is 0.251 e. The maximum atomic E-state index is 10.9. The van der Waals surface area contributed by atoms with E-state index in [2.05, 4.69) is 19.9 Å². The van der Waals surface area contributed by atoms with Crippen LogP contribution in [0.4, 0.5) is 0 Å². The Balaban J connectivity index is 2.54. The minimum Gasteiger partial charge on any atom is -0.305 e. The number of nitrogens with one attached hydrogen (secondary N) is 1. The molecule has 0 fully saturated rings. The van der Waals surface area contributed by atoms with Crippen molar-refractivity contribution in [1.82, 2.24) is 19.9 Å². The molecule has 2 rings (SSSR count). The summed E-state index contributed by atoms with van der Waals surface area (Å²) in [5.41, 5.74) is 0.413. The number of H-pyrrole nitrogens is 1. The minimum absolute atomic E-state index is 0.191. The first kappa shape index (κ1) is 7.60. The molecule has 2 aromatic heterocycles. The Bertz CT molecular complexity index is 451. The van der Waals surface area contributed by atoms with E-state index < -0.39 is 0 Å². The second kappa shape index (κ2) is 3.14. The molecular weight excluding hydrogens is 168 g/mol. The highest BCUT2D eigenvalue weighted by atomic mass is 16.1. The fraction of sp³-hybridized carbons (Fsp3) is 0. The second-order valence-corrected chi connectivity index (χ2v) is 2.38. The van der Waals surface area contributed by atoms with Crippen molar-refractivity contribution >= 4 is 0 Å². The lowest BCUT2D eigenvalue weighted by atomic mass is 10.4. The van der Waals surface area contributed by atoms with Crippen LogP contribution < -0.4 is 5.56 Å². The van der Waals surface area contributed by atoms with E-state index in [0.717, 1.165) is 0 Å². The largest absolute Gasteiger partial charge is 0.305 e. The van der Waals surface area contributed by atoms with E-state index in [1.54, 1.807) is 12.3 Å². The van der Waals surface area contributed by atoms with E-state index in [-0.39, 0.29) is 5.56 Å². The molecule has 0 unspecified atom stereocenters. The van der Waals surface area contributed by atoms with Crippen molar-refractivity contribution in [2.75, 3.05) is 0 Å². The summed E-state index contributed by atoms with van der Waals surface area (Å²) >= 11 is 0. The highest BCUT2D eigenvalue weighted by molar-refractivity contribution is 5.46. The van der Waals surface area contributed by atoms with E-state index in [1.165, 1.54) is 18.6 Å². The van der Waals surface area contributed by atoms with Crippen LogP contribution in [0.25, 0.3) is 11.5 Å². The van der Waals surface area contributed by atoms with E-state index in [1.807, 2.05) is 0 Å². The maximum absolute atomic E-state index is 10.9. The number of aromatic nitrogens is 4. The summed E-state index contributed by atoms with van der Waals surface area (Å²) < 4.78 is 0. The van der Waals surface area contributed by atoms with Crippen molar-refractivity contribution in [2.45, 2.75) is 0 Å². The molecule has 0 bridgehead atoms. The van der Waals surface area contributed by atoms with Crippen molar-refractivity contribution < 1.29 is 0 Å². The van der Waals surface area contributed by atoms with Gasteiger partial charge in [0.15, 0.2) is 5.82 Å². The monoisotopic (exact) mass is 174 g/mol. The molecule has 0 aliphatic rings. The minimum atomic E-state index is -0.191. The molecule has 0 aliphatic heterocycles. The predicted octanol–water partition coefficient (Wildman–Crippen LogP) is 0.227. The summed E-state index contributed by atoms with van der Waals surface area (Å²) in [6.45, 7) is 0. The third-order valence-corrected chi connectivity index (χ3v) is 1.50. The quantitative estimate of drug-likeness (QED) is 0.671. The lowest BCUT2D eigenvalue weighted by Crippen LogP contribution is -2.06. The Morgan fingerprint density at radius 2 is 2.08 bits per heavy atom. The van der Waals surface area contributed by atoms with Gasteiger partial charge in [-0.1, -0.05) is 0 Å². The van der Waals surface area contributed by atoms with E-state index >= 15 is 0 Å². The molecule has 0 aliphatic carbocycles. The predicted molar refractivity (Wildman–Crippen MR) is 45.9 cm³/mol. The molecule has 2 aromatic rings. The fourth-order valence-electron chi connectivity index (χ4n) is 0.931. The molecule has 0 saturated carbocycles. The summed E-state index contributed by atoms with van der Waals surface area (Å²) in [5.74, 6) is 0.454. The standard InChI is InChI=1S/C8H6N4O/c13-7-2-4-10-8(12-7)6-1-3-9-5-11-6/h1-5H,(H,10,12,13). The normalized spacial score (nSPS) is 9.85. The first-order valence-corrected chi connectivity index (χ1v) is 3.68. The van der Waals surface area contributed by atoms with Gasteiger partial charge >= 0.3 is 0 Å². The number of aromatic amines is 1. The zero-order valence-corrected chi connectivity index (χ0v) is 6.64. The number of nitrogens with zero attached hydrogens (tertiary/aromatic N) is 3. The molecule has 0 saturated heterocycles. The molecular formula is C8H6N4O. The average Bonchev–Trinajstić information content (AvgIpc) is 2.19. The van der Waals surface area contributed by atoms with Crippen LogP contribution >= 0.6 is 0 Å². The molecule has 0 spiro atoms. The van der Waals surface area contributed by atoms with Gasteiger partial charge in [-0.15, -0.1) is 0 Å². The second-order valence-electron chi connectivity index (χ2n) is 2.38. The smallest absolute Gasteiger partial charge is 0.251 e. The van der Waals surface area contributed by atoms with E-state index in [0.29, 0.717) is 11.5 Å². The van der Waals surface area contributed by atoms with Crippen LogP contribution in [-0.2, 0) is 0 Å². The first-order chi connectivity index (χ1) is 6.36. The molecule has 0 radical (unpaired) electrons. The van der Waals surface area contributed by atoms with Gasteiger partial charge in [0.2, 0.25) is 0 Å². The summed E-state index contributed by atoms with van der Waals surface area (Å²) in [7, 11) is 0. The molecule has 0 amide bonds. The van der Waals surface area contributed by atoms with E-state index in [9.17, 15) is 4.79 Å². The number of hydrogen-bond donors (Lipinski definition) is 1. The van der Waals surface area contributed by atoms with Gasteiger partial charge in [0.1, 0.15) is 12.0 Å². The molecule has 0 atom stereocenters. The van der Waals surface area contributed by atoms with Crippen LogP contribution in [-0.4, -0.2) is 19.9 Å². The molecule has 64 valence electrons. The third-order valence-electron chi connectivity index (χ3n) is 1.50. The Labute approximate surface area is 73.5 Å². The summed E-state index contributed by atoms with van der Waals surface area (Å²) in [5, 5.41) is 0. The van der Waals surface area contributed by atoms with Gasteiger partial charge in [-0.2, -0.15) is 0 Å². The van der Waals surface area contributed by atoms with Gasteiger partial charge in [-0.05, 0) is 6.07 Å². The zero-order valence-electron chi connectivity index (χ0n) is 6.64. The average molecular weight is 174 g/mol. The van der Waals surface area contributed by atoms with Crippen LogP contribution in [0.5, 0.6) is 0 Å². The van der Waals surface area contributed by atoms with Gasteiger partial charge < -0.3 is 4.98 Å². The van der Waals surface area contributed by atoms with Crippen LogP contribution in [0.15, 0.2) is 35.6 Å². The zero-order chi connectivity index (χ0) is 9.10. The van der Waals surface area contributed by atoms with Crippen molar-refractivity contribution in [2.24, 2.45) is 0 Å². The fourth-order valence-corrected chi connectivity index (χ4v) is 0.931. The molecule has 0 aromatic carbocycles. The van der Waals surface area contributed by atoms with Crippen LogP contribution in [0.1, 0.15) is 0 Å². The van der Waals surface area contributed by atoms with E-state index in [4.69, 9.17) is 0 Å². The lowest BCUT2D eigenvalue weighted by Gasteiger charge is -1.96. The summed E-state index contributed by atoms with van der Waals surface area (Å²) in [6, 6.07) is 3.03. The van der Waals surface area contributed by atoms with Crippen LogP contribution in [0.3, 0.4) is 0 Å². The number of hydrogen-bond acceptors (Lipinski definition) is 4. The van der Waals surface area contributed by atoms with Crippen molar-refractivity contribution in [1.29, 1.82) is 0 Å². The summed E-state index contributed by atoms with van der Waals surface area (Å²) in [4.78, 5) is 25.2. The highest BCUT2D eigenvalue weighted by Gasteiger charge is 1.98. The topological polar surface area (TPSA) is 71.5 Å². The lowest BCUT2D eigenvalue weighted by molar-refractivity contribution is 1.08. The molecule has 2 heterocycles. The molecule has 5 nitrogen and oxygen atoms in total. The van der Waals surface area contributed by atoms with Gasteiger partial charge in [0.25, 0.3) is 5.56 Å². The summed E-state index contributed by atoms with van der Waals surface area (Å²) in [6.07, 6.45) is 4.44. The molecule has 13 heavy (non-hydrogen) atoms. The first-order valence-electron chi connectivity index (χ1n) is 3.68. The third kappa shape index (κ3) is 1.58. The molecule has 5 heteroatoms. The Kier molecular flexibility index (Phi) is 1.84. The van der Waals surface area contributed by atoms with Gasteiger partial charge in [0.05, 0.1) is 0 Å². The van der Waals surface area contributed by atoms with Gasteiger partial charge in [-0.3, -0.25) is 4.79 Å². The SMILES string of the molecule is O=c1ccnc(-c2ccncn2)[nH]1. The van der Waals surface area contributed by atoms with Crippen molar-refractivity contribution in [3.63, 3.8) is 0 Å². The number of rotatable bonds is 1. The Hall–Kier alpha value is -2.04. The Morgan fingerprint density at radius 3 is 2.77 bits per heavy atom. The van der Waals surface area contributed by atoms with Crippen molar-refractivity contribution in [3.8, 4) is 11.5 Å². The highest BCUT2D eigenvalue weighted by Crippen LogP contribution is 2.05. The molecule has 1 N–H and O–H groups in total. The van der Waals surface area contributed by atoms with Crippen LogP contribution in [0.2, 0.25) is 0 Å². The van der Waals surface area contributed by atoms with Gasteiger partial charge in [-0.25, -0.2) is 15.0 Å². The van der Waals surface area contributed by atoms with Gasteiger partial charge in [0, 0.05) is 18.5 Å². The van der Waals surface area contributed by atoms with Crippen LogP contribution in [0, 0.1) is 0 Å². The Morgan fingerprint density at radius 1 is 1.15 bits per heavy atom. The van der Waals surface area contributed by atoms with Crippen molar-refractivity contribution in [3.05, 3.63) is 41.2 Å².